The topological polar surface area (TPSA) is 34.0 Å². The zero-order chi connectivity index (χ0) is 15.3. The van der Waals surface area contributed by atoms with Crippen LogP contribution in [0.2, 0.25) is 0 Å². The molecule has 0 aromatic heterocycles. The van der Waals surface area contributed by atoms with Gasteiger partial charge < -0.3 is 4.18 Å². The highest BCUT2D eigenvalue weighted by atomic mass is 32.2. The van der Waals surface area contributed by atoms with Gasteiger partial charge in [0, 0.05) is 13.3 Å². The van der Waals surface area contributed by atoms with Gasteiger partial charge in [-0.25, -0.2) is 18.2 Å². The van der Waals surface area contributed by atoms with Crippen molar-refractivity contribution in [2.24, 2.45) is 9.98 Å². The normalized spacial score (nSPS) is 12.2. The SMILES string of the molecule is CC/C=N\C(=NC)SOc1c(F)c(F)c(F)c(F)c1F. The molecule has 0 saturated heterocycles. The molecule has 0 aliphatic heterocycles. The summed E-state index contributed by atoms with van der Waals surface area (Å²) in [6, 6.07) is 0. The summed E-state index contributed by atoms with van der Waals surface area (Å²) in [5.41, 5.74) is 0. The fourth-order valence-electron chi connectivity index (χ4n) is 1.02. The first-order valence-corrected chi connectivity index (χ1v) is 6.03. The molecule has 0 amide bonds. The molecule has 3 nitrogen and oxygen atoms in total. The van der Waals surface area contributed by atoms with Crippen molar-refractivity contribution in [3.63, 3.8) is 0 Å². The summed E-state index contributed by atoms with van der Waals surface area (Å²) >= 11 is 0.282. The second-order valence-corrected chi connectivity index (χ2v) is 3.99. The first-order chi connectivity index (χ1) is 9.43. The summed E-state index contributed by atoms with van der Waals surface area (Å²) in [4.78, 5) is 7.37. The standard InChI is InChI=1S/C11H9F5N2OS/c1-3-4-18-11(17-2)20-19-10-8(15)6(13)5(12)7(14)9(10)16/h4H,3H2,1-2H3/b17-11?,18-4-. The third-order valence-electron chi connectivity index (χ3n) is 1.94. The molecule has 0 spiro atoms. The predicted octanol–water partition coefficient (Wildman–Crippen LogP) is 3.88. The number of hydrogen-bond acceptors (Lipinski definition) is 3. The lowest BCUT2D eigenvalue weighted by Crippen LogP contribution is -2.04. The highest BCUT2D eigenvalue weighted by Gasteiger charge is 2.27. The van der Waals surface area contributed by atoms with E-state index in [0.717, 1.165) is 0 Å². The molecule has 0 bridgehead atoms. The lowest BCUT2D eigenvalue weighted by Gasteiger charge is -2.07. The molecule has 20 heavy (non-hydrogen) atoms. The summed E-state index contributed by atoms with van der Waals surface area (Å²) in [5, 5.41) is -0.0317. The summed E-state index contributed by atoms with van der Waals surface area (Å²) < 4.78 is 69.6. The monoisotopic (exact) mass is 312 g/mol. The molecule has 110 valence electrons. The highest BCUT2D eigenvalue weighted by molar-refractivity contribution is 8.10. The van der Waals surface area contributed by atoms with E-state index >= 15 is 0 Å². The number of benzene rings is 1. The van der Waals surface area contributed by atoms with Gasteiger partial charge in [0.05, 0.1) is 0 Å². The van der Waals surface area contributed by atoms with Crippen molar-refractivity contribution in [3.05, 3.63) is 29.1 Å². The van der Waals surface area contributed by atoms with Gasteiger partial charge in [-0.05, 0) is 6.42 Å². The zero-order valence-corrected chi connectivity index (χ0v) is 11.2. The molecule has 0 atom stereocenters. The molecular formula is C11H9F5N2OS. The molecule has 0 aliphatic carbocycles. The number of rotatable bonds is 3. The van der Waals surface area contributed by atoms with Crippen LogP contribution >= 0.6 is 12.0 Å². The maximum Gasteiger partial charge on any atom is 0.222 e. The Balaban J connectivity index is 3.02. The van der Waals surface area contributed by atoms with Crippen molar-refractivity contribution in [1.29, 1.82) is 0 Å². The van der Waals surface area contributed by atoms with E-state index in [0.29, 0.717) is 6.42 Å². The molecule has 0 unspecified atom stereocenters. The summed E-state index contributed by atoms with van der Waals surface area (Å²) in [6.45, 7) is 1.78. The molecule has 0 heterocycles. The maximum atomic E-state index is 13.3. The minimum Gasteiger partial charge on any atom is -0.411 e. The number of halogens is 5. The third kappa shape index (κ3) is 3.47. The Morgan fingerprint density at radius 3 is 2.00 bits per heavy atom. The minimum absolute atomic E-state index is 0.0317. The molecule has 1 rings (SSSR count). The van der Waals surface area contributed by atoms with Gasteiger partial charge in [0.15, 0.2) is 0 Å². The molecule has 1 aromatic rings. The lowest BCUT2D eigenvalue weighted by molar-refractivity contribution is 0.356. The van der Waals surface area contributed by atoms with Crippen LogP contribution in [0.15, 0.2) is 9.98 Å². The second kappa shape index (κ2) is 7.22. The van der Waals surface area contributed by atoms with Crippen LogP contribution in [-0.4, -0.2) is 18.4 Å². The number of hydrogen-bond donors (Lipinski definition) is 0. The third-order valence-corrected chi connectivity index (χ3v) is 2.63. The van der Waals surface area contributed by atoms with Crippen molar-refractivity contribution in [1.82, 2.24) is 0 Å². The van der Waals surface area contributed by atoms with E-state index in [1.165, 1.54) is 13.3 Å². The largest absolute Gasteiger partial charge is 0.411 e. The van der Waals surface area contributed by atoms with E-state index in [2.05, 4.69) is 14.2 Å². The summed E-state index contributed by atoms with van der Waals surface area (Å²) in [7, 11) is 1.33. The minimum atomic E-state index is -2.24. The maximum absolute atomic E-state index is 13.3. The molecular weight excluding hydrogens is 303 g/mol. The van der Waals surface area contributed by atoms with Crippen LogP contribution in [0.1, 0.15) is 13.3 Å². The van der Waals surface area contributed by atoms with Crippen LogP contribution in [0.3, 0.4) is 0 Å². The molecule has 0 fully saturated rings. The number of aliphatic imine (C=N–C) groups is 2. The van der Waals surface area contributed by atoms with Gasteiger partial charge in [0.2, 0.25) is 40.0 Å². The highest BCUT2D eigenvalue weighted by Crippen LogP contribution is 2.31. The van der Waals surface area contributed by atoms with E-state index in [1.807, 2.05) is 0 Å². The number of amidine groups is 1. The average molecular weight is 312 g/mol. The van der Waals surface area contributed by atoms with E-state index in [-0.39, 0.29) is 17.2 Å². The van der Waals surface area contributed by atoms with Crippen LogP contribution in [-0.2, 0) is 0 Å². The van der Waals surface area contributed by atoms with E-state index in [1.54, 1.807) is 6.92 Å². The van der Waals surface area contributed by atoms with Crippen LogP contribution in [0.25, 0.3) is 0 Å². The van der Waals surface area contributed by atoms with Crippen molar-refractivity contribution < 1.29 is 26.1 Å². The quantitative estimate of drug-likeness (QED) is 0.212. The van der Waals surface area contributed by atoms with Crippen LogP contribution in [0.4, 0.5) is 22.0 Å². The summed E-state index contributed by atoms with van der Waals surface area (Å²) in [6.07, 6.45) is 2.01. The smallest absolute Gasteiger partial charge is 0.222 e. The Labute approximate surface area is 115 Å². The average Bonchev–Trinajstić information content (AvgIpc) is 2.46. The molecule has 0 saturated carbocycles. The van der Waals surface area contributed by atoms with Gasteiger partial charge in [-0.1, -0.05) is 6.92 Å². The second-order valence-electron chi connectivity index (χ2n) is 3.29. The first kappa shape index (κ1) is 16.4. The van der Waals surface area contributed by atoms with Crippen LogP contribution in [0, 0.1) is 29.1 Å². The van der Waals surface area contributed by atoms with E-state index < -0.39 is 34.8 Å². The van der Waals surface area contributed by atoms with Crippen molar-refractivity contribution >= 4 is 23.4 Å². The lowest BCUT2D eigenvalue weighted by atomic mass is 10.3. The number of nitrogens with zero attached hydrogens (tertiary/aromatic N) is 2. The zero-order valence-electron chi connectivity index (χ0n) is 10.4. The molecule has 1 aromatic carbocycles. The van der Waals surface area contributed by atoms with Gasteiger partial charge in [0.1, 0.15) is 12.0 Å². The van der Waals surface area contributed by atoms with Gasteiger partial charge >= 0.3 is 0 Å². The van der Waals surface area contributed by atoms with Gasteiger partial charge in [0.25, 0.3) is 0 Å². The van der Waals surface area contributed by atoms with Crippen molar-refractivity contribution in [3.8, 4) is 5.75 Å². The van der Waals surface area contributed by atoms with E-state index in [4.69, 9.17) is 0 Å². The van der Waals surface area contributed by atoms with Gasteiger partial charge in [-0.3, -0.25) is 4.99 Å². The van der Waals surface area contributed by atoms with E-state index in [9.17, 15) is 22.0 Å². The fraction of sp³-hybridized carbons (Fsp3) is 0.273. The first-order valence-electron chi connectivity index (χ1n) is 5.29. The Kier molecular flexibility index (Phi) is 5.93. The van der Waals surface area contributed by atoms with Gasteiger partial charge in [-0.15, -0.1) is 0 Å². The van der Waals surface area contributed by atoms with Crippen molar-refractivity contribution in [2.75, 3.05) is 7.05 Å². The predicted molar refractivity (Wildman–Crippen MR) is 66.6 cm³/mol. The van der Waals surface area contributed by atoms with Crippen LogP contribution in [0.5, 0.6) is 5.75 Å². The molecule has 9 heteroatoms. The Hall–Kier alpha value is -1.64. The summed E-state index contributed by atoms with van der Waals surface area (Å²) in [5.74, 6) is -11.9. The van der Waals surface area contributed by atoms with Gasteiger partial charge in [-0.2, -0.15) is 8.78 Å². The van der Waals surface area contributed by atoms with Crippen molar-refractivity contribution in [2.45, 2.75) is 13.3 Å². The molecule has 0 N–H and O–H groups in total. The fourth-order valence-corrected chi connectivity index (χ4v) is 1.52. The molecule has 0 radical (unpaired) electrons. The molecule has 0 aliphatic rings. The van der Waals surface area contributed by atoms with Crippen LogP contribution < -0.4 is 4.18 Å². The Morgan fingerprint density at radius 1 is 1.05 bits per heavy atom. The Bertz CT molecular complexity index is 533. The Morgan fingerprint density at radius 2 is 1.55 bits per heavy atom.